The van der Waals surface area contributed by atoms with Gasteiger partial charge in [-0.3, -0.25) is 14.4 Å². The molecule has 3 amide bonds. The second-order valence-corrected chi connectivity index (χ2v) is 9.55. The molecule has 2 aromatic carbocycles. The van der Waals surface area contributed by atoms with Crippen molar-refractivity contribution in [1.29, 1.82) is 0 Å². The highest BCUT2D eigenvalue weighted by atomic mass is 32.2. The van der Waals surface area contributed by atoms with Gasteiger partial charge in [-0.15, -0.1) is 0 Å². The quantitative estimate of drug-likeness (QED) is 0.680. The molecule has 1 fully saturated rings. The number of nitrogens with one attached hydrogen (secondary N) is 2. The van der Waals surface area contributed by atoms with Crippen LogP contribution in [0.15, 0.2) is 53.5 Å². The summed E-state index contributed by atoms with van der Waals surface area (Å²) in [6.45, 7) is 4.31. The van der Waals surface area contributed by atoms with Crippen LogP contribution in [0.1, 0.15) is 47.2 Å². The van der Waals surface area contributed by atoms with E-state index < -0.39 is 5.25 Å². The Morgan fingerprint density at radius 1 is 1.03 bits per heavy atom. The van der Waals surface area contributed by atoms with Crippen molar-refractivity contribution in [1.82, 2.24) is 10.2 Å². The van der Waals surface area contributed by atoms with Crippen LogP contribution in [0, 0.1) is 6.92 Å². The molecular formula is C25H28N4O3S. The van der Waals surface area contributed by atoms with Gasteiger partial charge < -0.3 is 15.5 Å². The van der Waals surface area contributed by atoms with E-state index >= 15 is 0 Å². The predicted octanol–water partition coefficient (Wildman–Crippen LogP) is 3.74. The lowest BCUT2D eigenvalue weighted by Crippen LogP contribution is -2.33. The number of likely N-dealkylation sites (tertiary alicyclic amines) is 1. The summed E-state index contributed by atoms with van der Waals surface area (Å²) in [6.07, 6.45) is 3.50. The number of rotatable bonds is 6. The van der Waals surface area contributed by atoms with Crippen LogP contribution in [0.25, 0.3) is 0 Å². The van der Waals surface area contributed by atoms with Gasteiger partial charge in [0.2, 0.25) is 5.91 Å². The largest absolute Gasteiger partial charge is 0.351 e. The van der Waals surface area contributed by atoms with E-state index in [9.17, 15) is 14.4 Å². The zero-order valence-corrected chi connectivity index (χ0v) is 19.5. The third-order valence-corrected chi connectivity index (χ3v) is 6.94. The van der Waals surface area contributed by atoms with Crippen molar-refractivity contribution in [2.75, 3.05) is 18.4 Å². The molecule has 7 nitrogen and oxygen atoms in total. The molecule has 0 aliphatic carbocycles. The second kappa shape index (κ2) is 10.7. The van der Waals surface area contributed by atoms with Gasteiger partial charge in [0, 0.05) is 37.3 Å². The topological polar surface area (TPSA) is 90.9 Å². The summed E-state index contributed by atoms with van der Waals surface area (Å²) in [5.41, 5.74) is 3.31. The summed E-state index contributed by atoms with van der Waals surface area (Å²) in [7, 11) is 0. The van der Waals surface area contributed by atoms with Gasteiger partial charge in [0.1, 0.15) is 5.25 Å². The standard InChI is InChI=1S/C25H28N4O3S/c1-17-5-7-18(8-6-17)16-26-23(31)19-9-11-20(12-10-19)27-22(30)15-21-24(32)28-25(33-21)29-13-3-2-4-14-29/h5-12,21H,2-4,13-16H2,1H3,(H,26,31)(H,27,30)/t21-/m0/s1. The number of piperidine rings is 1. The molecule has 33 heavy (non-hydrogen) atoms. The maximum absolute atomic E-state index is 12.5. The number of amidine groups is 1. The number of amides is 3. The molecule has 2 N–H and O–H groups in total. The Hall–Kier alpha value is -3.13. The molecule has 2 aliphatic rings. The Bertz CT molecular complexity index is 1040. The van der Waals surface area contributed by atoms with Crippen LogP contribution in [0.2, 0.25) is 0 Å². The Balaban J connectivity index is 1.24. The number of carbonyl (C=O) groups is 3. The Morgan fingerprint density at radius 3 is 2.42 bits per heavy atom. The number of anilines is 1. The lowest BCUT2D eigenvalue weighted by molar-refractivity contribution is -0.121. The molecule has 172 valence electrons. The molecule has 0 spiro atoms. The first-order valence-electron chi connectivity index (χ1n) is 11.3. The van der Waals surface area contributed by atoms with E-state index in [1.165, 1.54) is 23.7 Å². The van der Waals surface area contributed by atoms with Crippen molar-refractivity contribution in [2.24, 2.45) is 4.99 Å². The number of hydrogen-bond acceptors (Lipinski definition) is 5. The molecular weight excluding hydrogens is 436 g/mol. The van der Waals surface area contributed by atoms with Gasteiger partial charge in [-0.05, 0) is 56.0 Å². The number of aliphatic imine (C=N–C) groups is 1. The van der Waals surface area contributed by atoms with Gasteiger partial charge in [0.05, 0.1) is 0 Å². The summed E-state index contributed by atoms with van der Waals surface area (Å²) in [6, 6.07) is 14.7. The molecule has 0 radical (unpaired) electrons. The van der Waals surface area contributed by atoms with Gasteiger partial charge >= 0.3 is 0 Å². The van der Waals surface area contributed by atoms with Crippen molar-refractivity contribution in [3.63, 3.8) is 0 Å². The van der Waals surface area contributed by atoms with Crippen LogP contribution in [0.3, 0.4) is 0 Å². The average Bonchev–Trinajstić information content (AvgIpc) is 3.19. The zero-order valence-electron chi connectivity index (χ0n) is 18.7. The lowest BCUT2D eigenvalue weighted by atomic mass is 10.1. The molecule has 0 unspecified atom stereocenters. The molecule has 1 atom stereocenters. The van der Waals surface area contributed by atoms with Gasteiger partial charge in [-0.25, -0.2) is 0 Å². The molecule has 0 aromatic heterocycles. The molecule has 8 heteroatoms. The molecule has 2 aliphatic heterocycles. The van der Waals surface area contributed by atoms with E-state index in [0.29, 0.717) is 17.8 Å². The maximum Gasteiger partial charge on any atom is 0.262 e. The monoisotopic (exact) mass is 464 g/mol. The van der Waals surface area contributed by atoms with Crippen LogP contribution in [-0.4, -0.2) is 46.1 Å². The van der Waals surface area contributed by atoms with Gasteiger partial charge in [0.15, 0.2) is 5.17 Å². The summed E-state index contributed by atoms with van der Waals surface area (Å²) in [5.74, 6) is -0.660. The molecule has 2 heterocycles. The fourth-order valence-electron chi connectivity index (χ4n) is 3.81. The highest BCUT2D eigenvalue weighted by molar-refractivity contribution is 8.15. The predicted molar refractivity (Wildman–Crippen MR) is 131 cm³/mol. The fraction of sp³-hybridized carbons (Fsp3) is 0.360. The van der Waals surface area contributed by atoms with Crippen LogP contribution < -0.4 is 10.6 Å². The smallest absolute Gasteiger partial charge is 0.262 e. The van der Waals surface area contributed by atoms with Crippen molar-refractivity contribution in [3.05, 3.63) is 65.2 Å². The normalized spacial score (nSPS) is 18.1. The number of thioether (sulfide) groups is 1. The Morgan fingerprint density at radius 2 is 1.73 bits per heavy atom. The SMILES string of the molecule is Cc1ccc(CNC(=O)c2ccc(NC(=O)C[C@@H]3SC(N4CCCCC4)=NC3=O)cc2)cc1. The minimum Gasteiger partial charge on any atom is -0.351 e. The number of benzene rings is 2. The third-order valence-electron chi connectivity index (χ3n) is 5.73. The molecule has 1 saturated heterocycles. The van der Waals surface area contributed by atoms with Crippen molar-refractivity contribution < 1.29 is 14.4 Å². The highest BCUT2D eigenvalue weighted by Gasteiger charge is 2.33. The average molecular weight is 465 g/mol. The Kier molecular flexibility index (Phi) is 7.44. The van der Waals surface area contributed by atoms with E-state index in [1.54, 1.807) is 24.3 Å². The summed E-state index contributed by atoms with van der Waals surface area (Å²) < 4.78 is 0. The summed E-state index contributed by atoms with van der Waals surface area (Å²) in [4.78, 5) is 43.4. The van der Waals surface area contributed by atoms with E-state index in [0.717, 1.165) is 36.7 Å². The van der Waals surface area contributed by atoms with Crippen LogP contribution in [-0.2, 0) is 16.1 Å². The fourth-order valence-corrected chi connectivity index (χ4v) is 4.92. The zero-order chi connectivity index (χ0) is 23.2. The van der Waals surface area contributed by atoms with Crippen molar-refractivity contribution in [3.8, 4) is 0 Å². The summed E-state index contributed by atoms with van der Waals surface area (Å²) in [5, 5.41) is 5.98. The van der Waals surface area contributed by atoms with Crippen LogP contribution in [0.4, 0.5) is 5.69 Å². The molecule has 0 bridgehead atoms. The van der Waals surface area contributed by atoms with Crippen LogP contribution >= 0.6 is 11.8 Å². The van der Waals surface area contributed by atoms with Crippen molar-refractivity contribution >= 4 is 40.3 Å². The third kappa shape index (κ3) is 6.22. The van der Waals surface area contributed by atoms with E-state index in [2.05, 4.69) is 20.5 Å². The minimum atomic E-state index is -0.478. The van der Waals surface area contributed by atoms with E-state index in [4.69, 9.17) is 0 Å². The van der Waals surface area contributed by atoms with E-state index in [1.807, 2.05) is 31.2 Å². The van der Waals surface area contributed by atoms with E-state index in [-0.39, 0.29) is 24.1 Å². The maximum atomic E-state index is 12.5. The molecule has 0 saturated carbocycles. The minimum absolute atomic E-state index is 0.0725. The van der Waals surface area contributed by atoms with Crippen molar-refractivity contribution in [2.45, 2.75) is 44.4 Å². The number of aryl methyl sites for hydroxylation is 1. The second-order valence-electron chi connectivity index (χ2n) is 8.38. The first kappa shape index (κ1) is 23.0. The first-order chi connectivity index (χ1) is 16.0. The first-order valence-corrected chi connectivity index (χ1v) is 12.1. The van der Waals surface area contributed by atoms with Gasteiger partial charge in [-0.2, -0.15) is 4.99 Å². The number of nitrogens with zero attached hydrogens (tertiary/aromatic N) is 2. The highest BCUT2D eigenvalue weighted by Crippen LogP contribution is 2.29. The Labute approximate surface area is 198 Å². The molecule has 2 aromatic rings. The van der Waals surface area contributed by atoms with Gasteiger partial charge in [-0.1, -0.05) is 41.6 Å². The van der Waals surface area contributed by atoms with Crippen LogP contribution in [0.5, 0.6) is 0 Å². The molecule has 4 rings (SSSR count). The number of carbonyl (C=O) groups excluding carboxylic acids is 3. The lowest BCUT2D eigenvalue weighted by Gasteiger charge is -2.27. The summed E-state index contributed by atoms with van der Waals surface area (Å²) >= 11 is 1.39. The van der Waals surface area contributed by atoms with Gasteiger partial charge in [0.25, 0.3) is 11.8 Å². The number of hydrogen-bond donors (Lipinski definition) is 2.